The average Bonchev–Trinajstić information content (AvgIpc) is 3.77. The highest BCUT2D eigenvalue weighted by atomic mass is 16.2. The molecule has 0 N–H and O–H groups in total. The lowest BCUT2D eigenvalue weighted by Crippen LogP contribution is -2.38. The number of ketones is 1. The van der Waals surface area contributed by atoms with Crippen LogP contribution in [0.15, 0.2) is 216 Å². The number of amides is 2. The SMILES string of the molecule is O=C(c1ccccc1)c1ccc(N2C(=O)C(=CC=Cc3ccccc3)N=C2c2ccccc2)c(N2C(=O)C(=CC=Cc3ccccc3)N=C2c2ccccc2)c1. The molecule has 0 fully saturated rings. The first-order chi connectivity index (χ1) is 27.5. The molecule has 0 bridgehead atoms. The number of amidine groups is 2. The van der Waals surface area contributed by atoms with Gasteiger partial charge in [0.05, 0.1) is 11.4 Å². The molecule has 6 aromatic carbocycles. The molecule has 0 aliphatic carbocycles. The zero-order valence-electron chi connectivity index (χ0n) is 30.1. The maximum atomic E-state index is 14.7. The molecule has 0 saturated heterocycles. The molecule has 268 valence electrons. The predicted octanol–water partition coefficient (Wildman–Crippen LogP) is 9.70. The van der Waals surface area contributed by atoms with E-state index in [0.717, 1.165) is 11.1 Å². The van der Waals surface area contributed by atoms with E-state index >= 15 is 0 Å². The van der Waals surface area contributed by atoms with Crippen molar-refractivity contribution >= 4 is 52.8 Å². The Morgan fingerprint density at radius 1 is 0.446 bits per heavy atom. The number of anilines is 2. The van der Waals surface area contributed by atoms with E-state index in [-0.39, 0.29) is 17.2 Å². The maximum Gasteiger partial charge on any atom is 0.282 e. The highest BCUT2D eigenvalue weighted by Crippen LogP contribution is 2.39. The summed E-state index contributed by atoms with van der Waals surface area (Å²) >= 11 is 0. The minimum Gasteiger partial charge on any atom is -0.289 e. The third-order valence-electron chi connectivity index (χ3n) is 9.22. The largest absolute Gasteiger partial charge is 0.289 e. The molecule has 0 atom stereocenters. The fourth-order valence-electron chi connectivity index (χ4n) is 6.49. The fraction of sp³-hybridized carbons (Fsp3) is 0. The van der Waals surface area contributed by atoms with Crippen molar-refractivity contribution in [2.45, 2.75) is 0 Å². The fourth-order valence-corrected chi connectivity index (χ4v) is 6.49. The van der Waals surface area contributed by atoms with Gasteiger partial charge in [-0.2, -0.15) is 0 Å². The third-order valence-corrected chi connectivity index (χ3v) is 9.22. The summed E-state index contributed by atoms with van der Waals surface area (Å²) in [4.78, 5) is 56.0. The quantitative estimate of drug-likeness (QED) is 0.104. The number of benzene rings is 6. The van der Waals surface area contributed by atoms with E-state index in [9.17, 15) is 14.4 Å². The number of nitrogens with zero attached hydrogens (tertiary/aromatic N) is 4. The third kappa shape index (κ3) is 7.38. The van der Waals surface area contributed by atoms with Gasteiger partial charge < -0.3 is 0 Å². The van der Waals surface area contributed by atoms with Gasteiger partial charge >= 0.3 is 0 Å². The van der Waals surface area contributed by atoms with Crippen molar-refractivity contribution < 1.29 is 14.4 Å². The molecule has 2 aliphatic heterocycles. The van der Waals surface area contributed by atoms with Gasteiger partial charge in [0.25, 0.3) is 11.8 Å². The molecule has 0 radical (unpaired) electrons. The Morgan fingerprint density at radius 3 is 1.32 bits per heavy atom. The molecule has 0 aromatic heterocycles. The molecular weight excluding hydrogens is 693 g/mol. The minimum absolute atomic E-state index is 0.193. The monoisotopic (exact) mass is 726 g/mol. The van der Waals surface area contributed by atoms with Crippen LogP contribution in [0.5, 0.6) is 0 Å². The summed E-state index contributed by atoms with van der Waals surface area (Å²) in [5.41, 5.74) is 5.20. The van der Waals surface area contributed by atoms with Gasteiger partial charge in [0.15, 0.2) is 5.78 Å². The second-order valence-corrected chi connectivity index (χ2v) is 12.9. The number of hydrogen-bond donors (Lipinski definition) is 0. The smallest absolute Gasteiger partial charge is 0.282 e. The standard InChI is InChI=1S/C49H34N4O3/c54-45(37-24-10-3-11-25-37)40-32-33-43(52-46(38-26-12-4-13-27-38)50-41(48(52)55)30-16-22-35-18-6-1-7-19-35)44(34-40)53-47(39-28-14-5-15-29-39)51-42(49(53)56)31-17-23-36-20-8-2-9-21-36/h1-34H. The number of aliphatic imine (C=N–C) groups is 2. The molecule has 6 aromatic rings. The van der Waals surface area contributed by atoms with Crippen LogP contribution >= 0.6 is 0 Å². The van der Waals surface area contributed by atoms with Crippen LogP contribution in [0.25, 0.3) is 12.2 Å². The van der Waals surface area contributed by atoms with Gasteiger partial charge in [0.1, 0.15) is 23.1 Å². The molecule has 0 spiro atoms. The van der Waals surface area contributed by atoms with E-state index in [1.54, 1.807) is 66.8 Å². The van der Waals surface area contributed by atoms with Crippen LogP contribution in [0.1, 0.15) is 38.2 Å². The summed E-state index contributed by atoms with van der Waals surface area (Å²) in [5.74, 6) is -0.312. The lowest BCUT2D eigenvalue weighted by molar-refractivity contribution is -0.114. The summed E-state index contributed by atoms with van der Waals surface area (Å²) in [5, 5.41) is 0. The van der Waals surface area contributed by atoms with Gasteiger partial charge in [-0.05, 0) is 41.5 Å². The van der Waals surface area contributed by atoms with Crippen LogP contribution in [-0.2, 0) is 9.59 Å². The van der Waals surface area contributed by atoms with Crippen LogP contribution in [0.2, 0.25) is 0 Å². The van der Waals surface area contributed by atoms with Crippen molar-refractivity contribution in [2.24, 2.45) is 9.98 Å². The van der Waals surface area contributed by atoms with Gasteiger partial charge in [0, 0.05) is 22.3 Å². The normalized spacial score (nSPS) is 15.7. The van der Waals surface area contributed by atoms with Crippen molar-refractivity contribution in [3.05, 3.63) is 239 Å². The lowest BCUT2D eigenvalue weighted by Gasteiger charge is -2.27. The predicted molar refractivity (Wildman–Crippen MR) is 224 cm³/mol. The first kappa shape index (κ1) is 35.3. The molecule has 0 unspecified atom stereocenters. The van der Waals surface area contributed by atoms with Crippen molar-refractivity contribution in [3.8, 4) is 0 Å². The van der Waals surface area contributed by atoms with Gasteiger partial charge in [-0.25, -0.2) is 9.98 Å². The Balaban J connectivity index is 1.29. The van der Waals surface area contributed by atoms with E-state index in [4.69, 9.17) is 9.98 Å². The topological polar surface area (TPSA) is 82.4 Å². The molecule has 7 nitrogen and oxygen atoms in total. The lowest BCUT2D eigenvalue weighted by atomic mass is 10.0. The van der Waals surface area contributed by atoms with Crippen molar-refractivity contribution in [2.75, 3.05) is 9.80 Å². The highest BCUT2D eigenvalue weighted by Gasteiger charge is 2.39. The van der Waals surface area contributed by atoms with E-state index in [0.29, 0.717) is 45.3 Å². The maximum absolute atomic E-state index is 14.7. The molecule has 2 amide bonds. The molecule has 2 aliphatic rings. The number of rotatable bonds is 10. The first-order valence-electron chi connectivity index (χ1n) is 18.1. The first-order valence-corrected chi connectivity index (χ1v) is 18.1. The Morgan fingerprint density at radius 2 is 0.857 bits per heavy atom. The van der Waals surface area contributed by atoms with E-state index in [1.807, 2.05) is 140 Å². The Labute approximate surface area is 324 Å². The number of carbonyl (C=O) groups excluding carboxylic acids is 3. The summed E-state index contributed by atoms with van der Waals surface area (Å²) in [6.45, 7) is 0. The second-order valence-electron chi connectivity index (χ2n) is 12.9. The van der Waals surface area contributed by atoms with E-state index < -0.39 is 11.8 Å². The van der Waals surface area contributed by atoms with Crippen molar-refractivity contribution in [1.29, 1.82) is 0 Å². The van der Waals surface area contributed by atoms with Crippen LogP contribution in [0.3, 0.4) is 0 Å². The van der Waals surface area contributed by atoms with E-state index in [1.165, 1.54) is 9.80 Å². The summed E-state index contributed by atoms with van der Waals surface area (Å²) < 4.78 is 0. The van der Waals surface area contributed by atoms with Gasteiger partial charge in [-0.15, -0.1) is 0 Å². The zero-order chi connectivity index (χ0) is 38.3. The van der Waals surface area contributed by atoms with Crippen LogP contribution in [-0.4, -0.2) is 29.3 Å². The molecule has 0 saturated carbocycles. The van der Waals surface area contributed by atoms with Crippen molar-refractivity contribution in [1.82, 2.24) is 0 Å². The minimum atomic E-state index is -0.418. The molecule has 56 heavy (non-hydrogen) atoms. The highest BCUT2D eigenvalue weighted by molar-refractivity contribution is 6.37. The zero-order valence-corrected chi connectivity index (χ0v) is 30.1. The Hall–Kier alpha value is -7.77. The molecular formula is C49H34N4O3. The van der Waals surface area contributed by atoms with Gasteiger partial charge in [-0.3, -0.25) is 24.2 Å². The molecule has 8 rings (SSSR count). The number of allylic oxidation sites excluding steroid dienone is 4. The average molecular weight is 727 g/mol. The summed E-state index contributed by atoms with van der Waals surface area (Å²) in [6, 6.07) is 52.3. The molecule has 7 heteroatoms. The van der Waals surface area contributed by atoms with Crippen LogP contribution in [0.4, 0.5) is 11.4 Å². The van der Waals surface area contributed by atoms with E-state index in [2.05, 4.69) is 0 Å². The van der Waals surface area contributed by atoms with Crippen LogP contribution in [0, 0.1) is 0 Å². The van der Waals surface area contributed by atoms with Crippen LogP contribution < -0.4 is 9.80 Å². The number of carbonyl (C=O) groups is 3. The molecule has 2 heterocycles. The van der Waals surface area contributed by atoms with Crippen molar-refractivity contribution in [3.63, 3.8) is 0 Å². The second kappa shape index (κ2) is 16.1. The number of hydrogen-bond acceptors (Lipinski definition) is 5. The Kier molecular flexibility index (Phi) is 10.1. The summed E-state index contributed by atoms with van der Waals surface area (Å²) in [6.07, 6.45) is 10.7. The van der Waals surface area contributed by atoms with Gasteiger partial charge in [-0.1, -0.05) is 176 Å². The Bertz CT molecular complexity index is 2610. The van der Waals surface area contributed by atoms with Gasteiger partial charge in [0.2, 0.25) is 0 Å². The summed E-state index contributed by atoms with van der Waals surface area (Å²) in [7, 11) is 0.